The molecule has 1 amide bonds. The maximum Gasteiger partial charge on any atom is 0.308 e. The second kappa shape index (κ2) is 6.67. The highest BCUT2D eigenvalue weighted by atomic mass is 19.1. The molecule has 1 aliphatic rings. The molecule has 0 radical (unpaired) electrons. The number of carbonyl (C=O) groups is 2. The summed E-state index contributed by atoms with van der Waals surface area (Å²) in [5.41, 5.74) is 0.167. The predicted octanol–water partition coefficient (Wildman–Crippen LogP) is 1.95. The summed E-state index contributed by atoms with van der Waals surface area (Å²) in [5.74, 6) is -1.90. The first-order valence-corrected chi connectivity index (χ1v) is 7.00. The number of hydrogen-bond acceptors (Lipinski definition) is 3. The normalized spacial score (nSPS) is 22.2. The van der Waals surface area contributed by atoms with Crippen molar-refractivity contribution in [3.63, 3.8) is 0 Å². The van der Waals surface area contributed by atoms with Crippen molar-refractivity contribution < 1.29 is 19.1 Å². The molecule has 2 rings (SSSR count). The topological polar surface area (TPSA) is 69.6 Å². The van der Waals surface area contributed by atoms with E-state index >= 15 is 0 Å². The summed E-state index contributed by atoms with van der Waals surface area (Å²) in [4.78, 5) is 24.8. The molecule has 1 aliphatic heterocycles. The van der Waals surface area contributed by atoms with Gasteiger partial charge in [-0.05, 0) is 32.0 Å². The Hall–Kier alpha value is -1.95. The molecule has 1 saturated heterocycles. The number of amides is 1. The van der Waals surface area contributed by atoms with E-state index in [0.717, 1.165) is 0 Å². The van der Waals surface area contributed by atoms with Gasteiger partial charge in [0.05, 0.1) is 11.6 Å². The minimum absolute atomic E-state index is 0.0799. The molecular weight excluding hydrogens is 275 g/mol. The number of aliphatic carboxylic acids is 1. The summed E-state index contributed by atoms with van der Waals surface area (Å²) in [6.45, 7) is 3.01. The van der Waals surface area contributed by atoms with Crippen LogP contribution in [0.2, 0.25) is 0 Å². The van der Waals surface area contributed by atoms with E-state index in [1.165, 1.54) is 12.1 Å². The summed E-state index contributed by atoms with van der Waals surface area (Å²) in [6, 6.07) is 5.92. The number of nitrogens with one attached hydrogen (secondary N) is 1. The van der Waals surface area contributed by atoms with Crippen LogP contribution in [0.1, 0.15) is 19.8 Å². The van der Waals surface area contributed by atoms with E-state index in [1.807, 2.05) is 11.8 Å². The van der Waals surface area contributed by atoms with Crippen LogP contribution in [-0.4, -0.2) is 41.0 Å². The Bertz CT molecular complexity index is 535. The molecule has 2 atom stereocenters. The highest BCUT2D eigenvalue weighted by molar-refractivity contribution is 5.90. The van der Waals surface area contributed by atoms with Crippen molar-refractivity contribution in [2.75, 3.05) is 18.4 Å². The van der Waals surface area contributed by atoms with Gasteiger partial charge in [0.2, 0.25) is 5.91 Å². The molecule has 21 heavy (non-hydrogen) atoms. The SMILES string of the molecule is CC1C(C(=O)O)CCN1CCC(=O)Nc1ccccc1F. The van der Waals surface area contributed by atoms with Gasteiger partial charge in [-0.1, -0.05) is 12.1 Å². The van der Waals surface area contributed by atoms with Crippen molar-refractivity contribution in [1.29, 1.82) is 0 Å². The Morgan fingerprint density at radius 1 is 1.43 bits per heavy atom. The number of nitrogens with zero attached hydrogens (tertiary/aromatic N) is 1. The summed E-state index contributed by atoms with van der Waals surface area (Å²) in [6.07, 6.45) is 0.816. The zero-order valence-corrected chi connectivity index (χ0v) is 11.9. The largest absolute Gasteiger partial charge is 0.481 e. The Balaban J connectivity index is 1.82. The number of rotatable bonds is 5. The number of anilines is 1. The van der Waals surface area contributed by atoms with Crippen molar-refractivity contribution in [3.8, 4) is 0 Å². The maximum atomic E-state index is 13.4. The van der Waals surface area contributed by atoms with Gasteiger partial charge in [0.25, 0.3) is 0 Å². The van der Waals surface area contributed by atoms with Gasteiger partial charge in [0.1, 0.15) is 5.82 Å². The third-order valence-electron chi connectivity index (χ3n) is 3.98. The molecule has 114 valence electrons. The molecule has 2 unspecified atom stereocenters. The fourth-order valence-corrected chi connectivity index (χ4v) is 2.67. The van der Waals surface area contributed by atoms with Crippen LogP contribution in [0.15, 0.2) is 24.3 Å². The van der Waals surface area contributed by atoms with E-state index < -0.39 is 11.8 Å². The molecule has 0 spiro atoms. The average Bonchev–Trinajstić information content (AvgIpc) is 2.80. The first-order chi connectivity index (χ1) is 9.99. The molecule has 1 aromatic rings. The minimum atomic E-state index is -0.791. The van der Waals surface area contributed by atoms with Crippen LogP contribution in [0.4, 0.5) is 10.1 Å². The van der Waals surface area contributed by atoms with Gasteiger partial charge in [-0.25, -0.2) is 4.39 Å². The van der Waals surface area contributed by atoms with E-state index in [1.54, 1.807) is 12.1 Å². The Morgan fingerprint density at radius 3 is 2.76 bits per heavy atom. The second-order valence-corrected chi connectivity index (χ2v) is 5.29. The van der Waals surface area contributed by atoms with E-state index in [0.29, 0.717) is 19.5 Å². The van der Waals surface area contributed by atoms with Crippen LogP contribution in [0.5, 0.6) is 0 Å². The average molecular weight is 294 g/mol. The van der Waals surface area contributed by atoms with Crippen molar-refractivity contribution >= 4 is 17.6 Å². The lowest BCUT2D eigenvalue weighted by Crippen LogP contribution is -2.35. The van der Waals surface area contributed by atoms with Gasteiger partial charge in [-0.3, -0.25) is 14.5 Å². The van der Waals surface area contributed by atoms with Crippen LogP contribution in [0.25, 0.3) is 0 Å². The van der Waals surface area contributed by atoms with Crippen molar-refractivity contribution in [2.45, 2.75) is 25.8 Å². The number of carboxylic acids is 1. The highest BCUT2D eigenvalue weighted by Gasteiger charge is 2.35. The number of likely N-dealkylation sites (tertiary alicyclic amines) is 1. The van der Waals surface area contributed by atoms with Crippen LogP contribution in [0, 0.1) is 11.7 Å². The number of carbonyl (C=O) groups excluding carboxylic acids is 1. The molecule has 0 saturated carbocycles. The quantitative estimate of drug-likeness (QED) is 0.871. The van der Waals surface area contributed by atoms with Gasteiger partial charge in [-0.2, -0.15) is 0 Å². The maximum absolute atomic E-state index is 13.4. The van der Waals surface area contributed by atoms with E-state index in [9.17, 15) is 14.0 Å². The highest BCUT2D eigenvalue weighted by Crippen LogP contribution is 2.24. The van der Waals surface area contributed by atoms with Gasteiger partial charge in [-0.15, -0.1) is 0 Å². The Kier molecular flexibility index (Phi) is 4.90. The lowest BCUT2D eigenvalue weighted by Gasteiger charge is -2.22. The summed E-state index contributed by atoms with van der Waals surface area (Å²) in [7, 11) is 0. The summed E-state index contributed by atoms with van der Waals surface area (Å²) < 4.78 is 13.4. The van der Waals surface area contributed by atoms with Gasteiger partial charge >= 0.3 is 5.97 Å². The fourth-order valence-electron chi connectivity index (χ4n) is 2.67. The molecule has 0 bridgehead atoms. The second-order valence-electron chi connectivity index (χ2n) is 5.29. The minimum Gasteiger partial charge on any atom is -0.481 e. The fraction of sp³-hybridized carbons (Fsp3) is 0.467. The van der Waals surface area contributed by atoms with Crippen LogP contribution >= 0.6 is 0 Å². The lowest BCUT2D eigenvalue weighted by atomic mass is 10.0. The van der Waals surface area contributed by atoms with Crippen molar-refractivity contribution in [2.24, 2.45) is 5.92 Å². The molecule has 6 heteroatoms. The van der Waals surface area contributed by atoms with E-state index in [4.69, 9.17) is 5.11 Å². The zero-order chi connectivity index (χ0) is 15.4. The number of carboxylic acid groups (broad SMARTS) is 1. The molecule has 2 N–H and O–H groups in total. The number of hydrogen-bond donors (Lipinski definition) is 2. The predicted molar refractivity (Wildman–Crippen MR) is 76.4 cm³/mol. The first-order valence-electron chi connectivity index (χ1n) is 7.00. The molecule has 1 heterocycles. The van der Waals surface area contributed by atoms with Crippen molar-refractivity contribution in [1.82, 2.24) is 4.90 Å². The number of halogens is 1. The van der Waals surface area contributed by atoms with Crippen LogP contribution in [-0.2, 0) is 9.59 Å². The third kappa shape index (κ3) is 3.78. The van der Waals surface area contributed by atoms with Gasteiger partial charge < -0.3 is 10.4 Å². The van der Waals surface area contributed by atoms with Crippen LogP contribution in [0.3, 0.4) is 0 Å². The van der Waals surface area contributed by atoms with Gasteiger partial charge in [0.15, 0.2) is 0 Å². The zero-order valence-electron chi connectivity index (χ0n) is 11.9. The third-order valence-corrected chi connectivity index (χ3v) is 3.98. The van der Waals surface area contributed by atoms with Gasteiger partial charge in [0, 0.05) is 19.0 Å². The summed E-state index contributed by atoms with van der Waals surface area (Å²) >= 11 is 0. The first kappa shape index (κ1) is 15.4. The Labute approximate surface area is 122 Å². The van der Waals surface area contributed by atoms with Crippen LogP contribution < -0.4 is 5.32 Å². The molecule has 0 aromatic heterocycles. The van der Waals surface area contributed by atoms with E-state index in [-0.39, 0.29) is 30.0 Å². The molecule has 1 aromatic carbocycles. The standard InChI is InChI=1S/C15H19FN2O3/c1-10-11(15(20)21)6-8-18(10)9-7-14(19)17-13-5-3-2-4-12(13)16/h2-5,10-11H,6-9H2,1H3,(H,17,19)(H,20,21). The monoisotopic (exact) mass is 294 g/mol. The smallest absolute Gasteiger partial charge is 0.308 e. The lowest BCUT2D eigenvalue weighted by molar-refractivity contribution is -0.142. The molecule has 1 fully saturated rings. The molecule has 5 nitrogen and oxygen atoms in total. The van der Waals surface area contributed by atoms with Crippen molar-refractivity contribution in [3.05, 3.63) is 30.1 Å². The molecular formula is C15H19FN2O3. The Morgan fingerprint density at radius 2 is 2.14 bits per heavy atom. The number of para-hydroxylation sites is 1. The van der Waals surface area contributed by atoms with E-state index in [2.05, 4.69) is 5.32 Å². The number of benzene rings is 1. The molecule has 0 aliphatic carbocycles. The summed E-state index contributed by atoms with van der Waals surface area (Å²) in [5, 5.41) is 11.6.